The zero-order chi connectivity index (χ0) is 18.4. The molecule has 1 aliphatic heterocycles. The van der Waals surface area contributed by atoms with Gasteiger partial charge in [-0.1, -0.05) is 0 Å². The zero-order valence-electron chi connectivity index (χ0n) is 15.4. The van der Waals surface area contributed by atoms with E-state index in [1.807, 2.05) is 31.2 Å². The summed E-state index contributed by atoms with van der Waals surface area (Å²) in [6.07, 6.45) is 3.77. The third-order valence-corrected chi connectivity index (χ3v) is 4.63. The summed E-state index contributed by atoms with van der Waals surface area (Å²) in [5, 5.41) is 6.32. The number of pyridine rings is 1. The highest BCUT2D eigenvalue weighted by Gasteiger charge is 2.19. The second kappa shape index (κ2) is 8.56. The molecule has 1 aliphatic rings. The van der Waals surface area contributed by atoms with Crippen molar-refractivity contribution in [3.05, 3.63) is 48.3 Å². The minimum atomic E-state index is -0.134. The normalized spacial score (nSPS) is 14.8. The monoisotopic (exact) mass is 354 g/mol. The van der Waals surface area contributed by atoms with Crippen LogP contribution in [0.4, 0.5) is 11.4 Å². The van der Waals surface area contributed by atoms with Gasteiger partial charge in [-0.15, -0.1) is 0 Å². The number of hydrogen-bond acceptors (Lipinski definition) is 5. The second-order valence-electron chi connectivity index (χ2n) is 6.39. The molecule has 6 heteroatoms. The number of nitrogens with zero attached hydrogens (tertiary/aromatic N) is 2. The first-order valence-corrected chi connectivity index (χ1v) is 9.09. The molecular weight excluding hydrogens is 328 g/mol. The predicted molar refractivity (Wildman–Crippen MR) is 104 cm³/mol. The van der Waals surface area contributed by atoms with Crippen LogP contribution in [-0.4, -0.2) is 43.7 Å². The van der Waals surface area contributed by atoms with Gasteiger partial charge in [-0.3, -0.25) is 9.78 Å². The summed E-state index contributed by atoms with van der Waals surface area (Å²) >= 11 is 0. The Kier molecular flexibility index (Phi) is 5.94. The van der Waals surface area contributed by atoms with Crippen LogP contribution in [0.1, 0.15) is 30.3 Å². The molecule has 2 N–H and O–H groups in total. The van der Waals surface area contributed by atoms with E-state index in [1.54, 1.807) is 13.3 Å². The lowest BCUT2D eigenvalue weighted by Crippen LogP contribution is -2.39. The number of aromatic nitrogens is 1. The Balaban J connectivity index is 1.55. The summed E-state index contributed by atoms with van der Waals surface area (Å²) < 4.78 is 5.22. The number of anilines is 2. The largest absolute Gasteiger partial charge is 0.497 e. The molecule has 0 unspecified atom stereocenters. The molecule has 1 amide bonds. The number of amides is 1. The first-order chi connectivity index (χ1) is 12.7. The van der Waals surface area contributed by atoms with Gasteiger partial charge in [0.25, 0.3) is 5.91 Å². The Morgan fingerprint density at radius 1 is 1.23 bits per heavy atom. The number of methoxy groups -OCH3 is 1. The van der Waals surface area contributed by atoms with Gasteiger partial charge in [0.05, 0.1) is 7.11 Å². The molecule has 6 nitrogen and oxygen atoms in total. The number of carbonyl (C=O) groups excluding carboxylic acids is 1. The molecule has 0 atom stereocenters. The number of nitrogens with one attached hydrogen (secondary N) is 2. The van der Waals surface area contributed by atoms with Crippen LogP contribution in [0, 0.1) is 0 Å². The van der Waals surface area contributed by atoms with Gasteiger partial charge < -0.3 is 20.3 Å². The average molecular weight is 354 g/mol. The van der Waals surface area contributed by atoms with Gasteiger partial charge in [0.1, 0.15) is 11.4 Å². The van der Waals surface area contributed by atoms with Crippen molar-refractivity contribution in [1.82, 2.24) is 10.3 Å². The van der Waals surface area contributed by atoms with Crippen molar-refractivity contribution in [2.75, 3.05) is 37.0 Å². The second-order valence-corrected chi connectivity index (χ2v) is 6.39. The van der Waals surface area contributed by atoms with E-state index in [9.17, 15) is 4.79 Å². The van der Waals surface area contributed by atoms with Crippen LogP contribution in [0.15, 0.2) is 42.6 Å². The topological polar surface area (TPSA) is 66.5 Å². The highest BCUT2D eigenvalue weighted by molar-refractivity contribution is 5.93. The lowest BCUT2D eigenvalue weighted by atomic mass is 10.0. The molecule has 0 aliphatic carbocycles. The molecule has 1 saturated heterocycles. The predicted octanol–water partition coefficient (Wildman–Crippen LogP) is 2.92. The molecule has 0 bridgehead atoms. The van der Waals surface area contributed by atoms with E-state index in [4.69, 9.17) is 4.74 Å². The Labute approximate surface area is 154 Å². The molecular formula is C20H26N4O2. The standard InChI is InChI=1S/C20H26N4O2/c1-3-21-20(25)19-14-16(8-11-22-19)23-15-9-12-24(13-10-15)17-4-6-18(26-2)7-5-17/h4-8,11,14-15H,3,9-10,12-13H2,1-2H3,(H,21,25)(H,22,23). The Hall–Kier alpha value is -2.76. The molecule has 2 heterocycles. The molecule has 3 rings (SSSR count). The zero-order valence-corrected chi connectivity index (χ0v) is 15.4. The Bertz CT molecular complexity index is 725. The lowest BCUT2D eigenvalue weighted by molar-refractivity contribution is 0.0951. The van der Waals surface area contributed by atoms with Crippen LogP contribution in [0.25, 0.3) is 0 Å². The summed E-state index contributed by atoms with van der Waals surface area (Å²) in [4.78, 5) is 18.5. The van der Waals surface area contributed by atoms with Crippen LogP contribution in [-0.2, 0) is 0 Å². The molecule has 26 heavy (non-hydrogen) atoms. The van der Waals surface area contributed by atoms with Gasteiger partial charge in [-0.2, -0.15) is 0 Å². The summed E-state index contributed by atoms with van der Waals surface area (Å²) in [6.45, 7) is 4.50. The summed E-state index contributed by atoms with van der Waals surface area (Å²) in [5.41, 5.74) is 2.63. The van der Waals surface area contributed by atoms with E-state index in [0.29, 0.717) is 18.3 Å². The summed E-state index contributed by atoms with van der Waals surface area (Å²) in [7, 11) is 1.68. The van der Waals surface area contributed by atoms with Crippen LogP contribution in [0.3, 0.4) is 0 Å². The van der Waals surface area contributed by atoms with Gasteiger partial charge >= 0.3 is 0 Å². The molecule has 1 aromatic carbocycles. The first kappa shape index (κ1) is 18.0. The third-order valence-electron chi connectivity index (χ3n) is 4.63. The van der Waals surface area contributed by atoms with E-state index in [1.165, 1.54) is 5.69 Å². The van der Waals surface area contributed by atoms with Crippen molar-refractivity contribution in [2.24, 2.45) is 0 Å². The number of rotatable bonds is 6. The number of benzene rings is 1. The molecule has 1 aromatic heterocycles. The smallest absolute Gasteiger partial charge is 0.269 e. The summed E-state index contributed by atoms with van der Waals surface area (Å²) in [5.74, 6) is 0.747. The number of carbonyl (C=O) groups is 1. The molecule has 2 aromatic rings. The average Bonchev–Trinajstić information content (AvgIpc) is 2.69. The van der Waals surface area contributed by atoms with Crippen LogP contribution < -0.4 is 20.3 Å². The lowest BCUT2D eigenvalue weighted by Gasteiger charge is -2.34. The third kappa shape index (κ3) is 4.45. The van der Waals surface area contributed by atoms with Crippen LogP contribution in [0.2, 0.25) is 0 Å². The van der Waals surface area contributed by atoms with E-state index in [0.717, 1.165) is 37.4 Å². The number of ether oxygens (including phenoxy) is 1. The minimum absolute atomic E-state index is 0.134. The highest BCUT2D eigenvalue weighted by Crippen LogP contribution is 2.24. The van der Waals surface area contributed by atoms with Gasteiger partial charge in [0, 0.05) is 43.2 Å². The fourth-order valence-electron chi connectivity index (χ4n) is 3.21. The molecule has 0 spiro atoms. The fraction of sp³-hybridized carbons (Fsp3) is 0.400. The quantitative estimate of drug-likeness (QED) is 0.835. The highest BCUT2D eigenvalue weighted by atomic mass is 16.5. The van der Waals surface area contributed by atoms with Crippen LogP contribution in [0.5, 0.6) is 5.75 Å². The molecule has 1 fully saturated rings. The van der Waals surface area contributed by atoms with Crippen molar-refractivity contribution in [3.63, 3.8) is 0 Å². The fourth-order valence-corrected chi connectivity index (χ4v) is 3.21. The van der Waals surface area contributed by atoms with E-state index >= 15 is 0 Å². The van der Waals surface area contributed by atoms with Crippen molar-refractivity contribution in [2.45, 2.75) is 25.8 Å². The number of hydrogen-bond donors (Lipinski definition) is 2. The first-order valence-electron chi connectivity index (χ1n) is 9.09. The van der Waals surface area contributed by atoms with Crippen LogP contribution >= 0.6 is 0 Å². The SMILES string of the molecule is CCNC(=O)c1cc(NC2CCN(c3ccc(OC)cc3)CC2)ccn1. The number of piperidine rings is 1. The summed E-state index contributed by atoms with van der Waals surface area (Å²) in [6, 6.07) is 12.3. The maximum Gasteiger partial charge on any atom is 0.269 e. The van der Waals surface area contributed by atoms with Gasteiger partial charge in [-0.25, -0.2) is 0 Å². The molecule has 138 valence electrons. The maximum absolute atomic E-state index is 11.9. The van der Waals surface area contributed by atoms with E-state index in [-0.39, 0.29) is 5.91 Å². The van der Waals surface area contributed by atoms with Gasteiger partial charge in [0.15, 0.2) is 0 Å². The Morgan fingerprint density at radius 3 is 2.62 bits per heavy atom. The van der Waals surface area contributed by atoms with E-state index < -0.39 is 0 Å². The molecule has 0 radical (unpaired) electrons. The van der Waals surface area contributed by atoms with Crippen molar-refractivity contribution < 1.29 is 9.53 Å². The van der Waals surface area contributed by atoms with Crippen molar-refractivity contribution in [1.29, 1.82) is 0 Å². The van der Waals surface area contributed by atoms with Crippen molar-refractivity contribution in [3.8, 4) is 5.75 Å². The van der Waals surface area contributed by atoms with Gasteiger partial charge in [0.2, 0.25) is 0 Å². The Morgan fingerprint density at radius 2 is 1.96 bits per heavy atom. The van der Waals surface area contributed by atoms with Gasteiger partial charge in [-0.05, 0) is 56.2 Å². The minimum Gasteiger partial charge on any atom is -0.497 e. The molecule has 0 saturated carbocycles. The van der Waals surface area contributed by atoms with E-state index in [2.05, 4.69) is 32.7 Å². The maximum atomic E-state index is 11.9. The van der Waals surface area contributed by atoms with Crippen molar-refractivity contribution >= 4 is 17.3 Å².